The molecule has 1 N–H and O–H groups in total. The number of benzene rings is 1. The van der Waals surface area contributed by atoms with Gasteiger partial charge in [0.1, 0.15) is 11.4 Å². The smallest absolute Gasteiger partial charge is 0.138 e. The van der Waals surface area contributed by atoms with Crippen molar-refractivity contribution in [1.29, 1.82) is 0 Å². The number of aromatic hydroxyl groups is 1. The number of hydrogen-bond acceptors (Lipinski definition) is 3. The van der Waals surface area contributed by atoms with Gasteiger partial charge in [-0.3, -0.25) is 4.98 Å². The minimum absolute atomic E-state index is 0.252. The molecule has 3 nitrogen and oxygen atoms in total. The van der Waals surface area contributed by atoms with Crippen LogP contribution in [0.25, 0.3) is 0 Å². The van der Waals surface area contributed by atoms with Crippen molar-refractivity contribution >= 4 is 5.69 Å². The number of rotatable bonds is 3. The average Bonchev–Trinajstić information content (AvgIpc) is 2.32. The van der Waals surface area contributed by atoms with Gasteiger partial charge in [0.2, 0.25) is 0 Å². The minimum Gasteiger partial charge on any atom is -0.506 e. The lowest BCUT2D eigenvalue weighted by atomic mass is 10.1. The number of hydrogen-bond donors (Lipinski definition) is 1. The van der Waals surface area contributed by atoms with Gasteiger partial charge in [0, 0.05) is 18.4 Å². The van der Waals surface area contributed by atoms with Gasteiger partial charge in [-0.2, -0.15) is 0 Å². The monoisotopic (exact) mass is 256 g/mol. The van der Waals surface area contributed by atoms with E-state index in [1.165, 1.54) is 11.1 Å². The molecular formula is C16H20N2O. The number of nitrogens with zero attached hydrogens (tertiary/aromatic N) is 2. The Kier molecular flexibility index (Phi) is 3.74. The third kappa shape index (κ3) is 3.25. The summed E-state index contributed by atoms with van der Waals surface area (Å²) in [4.78, 5) is 6.49. The average molecular weight is 256 g/mol. The summed E-state index contributed by atoms with van der Waals surface area (Å²) in [5.74, 6) is 0.252. The second-order valence-electron chi connectivity index (χ2n) is 5.12. The first kappa shape index (κ1) is 13.4. The summed E-state index contributed by atoms with van der Waals surface area (Å²) in [5.41, 5.74) is 5.25. The molecule has 0 saturated carbocycles. The summed E-state index contributed by atoms with van der Waals surface area (Å²) in [6.07, 6.45) is 0. The Morgan fingerprint density at radius 2 is 1.68 bits per heavy atom. The van der Waals surface area contributed by atoms with Gasteiger partial charge in [-0.15, -0.1) is 0 Å². The Labute approximate surface area is 114 Å². The molecule has 1 heterocycles. The number of anilines is 1. The van der Waals surface area contributed by atoms with Crippen LogP contribution in [0.15, 0.2) is 30.3 Å². The standard InChI is InChI=1S/C16H20N2O/c1-11-7-12(2)9-14(8-11)18(4)10-15-16(19)6-5-13(3)17-15/h5-9,19H,10H2,1-4H3. The van der Waals surface area contributed by atoms with Crippen LogP contribution in [-0.2, 0) is 6.54 Å². The molecule has 0 spiro atoms. The maximum Gasteiger partial charge on any atom is 0.138 e. The van der Waals surface area contributed by atoms with E-state index in [2.05, 4.69) is 41.9 Å². The summed E-state index contributed by atoms with van der Waals surface area (Å²) < 4.78 is 0. The van der Waals surface area contributed by atoms with E-state index in [9.17, 15) is 5.11 Å². The van der Waals surface area contributed by atoms with Crippen LogP contribution in [0, 0.1) is 20.8 Å². The van der Waals surface area contributed by atoms with Crippen molar-refractivity contribution in [2.75, 3.05) is 11.9 Å². The third-order valence-electron chi connectivity index (χ3n) is 3.12. The summed E-state index contributed by atoms with van der Waals surface area (Å²) in [5, 5.41) is 9.85. The van der Waals surface area contributed by atoms with Crippen LogP contribution >= 0.6 is 0 Å². The van der Waals surface area contributed by atoms with E-state index in [1.807, 2.05) is 20.0 Å². The van der Waals surface area contributed by atoms with E-state index in [0.717, 1.165) is 11.4 Å². The molecule has 0 radical (unpaired) electrons. The zero-order chi connectivity index (χ0) is 14.0. The molecule has 0 aliphatic rings. The van der Waals surface area contributed by atoms with Crippen LogP contribution in [0.2, 0.25) is 0 Å². The van der Waals surface area contributed by atoms with Gasteiger partial charge >= 0.3 is 0 Å². The van der Waals surface area contributed by atoms with Gasteiger partial charge in [-0.1, -0.05) is 6.07 Å². The van der Waals surface area contributed by atoms with Crippen molar-refractivity contribution in [3.63, 3.8) is 0 Å². The minimum atomic E-state index is 0.252. The van der Waals surface area contributed by atoms with Crippen molar-refractivity contribution in [1.82, 2.24) is 4.98 Å². The van der Waals surface area contributed by atoms with Crippen molar-refractivity contribution in [3.05, 3.63) is 52.8 Å². The first-order valence-electron chi connectivity index (χ1n) is 6.40. The topological polar surface area (TPSA) is 36.4 Å². The van der Waals surface area contributed by atoms with Crippen molar-refractivity contribution in [2.45, 2.75) is 27.3 Å². The van der Waals surface area contributed by atoms with Crippen LogP contribution < -0.4 is 4.90 Å². The molecule has 19 heavy (non-hydrogen) atoms. The largest absolute Gasteiger partial charge is 0.506 e. The van der Waals surface area contributed by atoms with Crippen molar-refractivity contribution in [3.8, 4) is 5.75 Å². The van der Waals surface area contributed by atoms with Crippen LogP contribution in [0.5, 0.6) is 5.75 Å². The second-order valence-corrected chi connectivity index (χ2v) is 5.12. The van der Waals surface area contributed by atoms with Gasteiger partial charge < -0.3 is 10.0 Å². The maximum atomic E-state index is 9.85. The number of aryl methyl sites for hydroxylation is 3. The fourth-order valence-electron chi connectivity index (χ4n) is 2.21. The molecule has 0 aliphatic carbocycles. The highest BCUT2D eigenvalue weighted by atomic mass is 16.3. The summed E-state index contributed by atoms with van der Waals surface area (Å²) in [7, 11) is 2.01. The fraction of sp³-hybridized carbons (Fsp3) is 0.312. The lowest BCUT2D eigenvalue weighted by Gasteiger charge is -2.20. The summed E-state index contributed by atoms with van der Waals surface area (Å²) in [6.45, 7) is 6.70. The summed E-state index contributed by atoms with van der Waals surface area (Å²) in [6, 6.07) is 9.95. The highest BCUT2D eigenvalue weighted by molar-refractivity contribution is 5.51. The third-order valence-corrected chi connectivity index (χ3v) is 3.12. The second kappa shape index (κ2) is 5.31. The lowest BCUT2D eigenvalue weighted by Crippen LogP contribution is -2.17. The molecule has 3 heteroatoms. The van der Waals surface area contributed by atoms with Crippen LogP contribution in [0.4, 0.5) is 5.69 Å². The number of pyridine rings is 1. The lowest BCUT2D eigenvalue weighted by molar-refractivity contribution is 0.463. The first-order chi connectivity index (χ1) is 8.95. The molecule has 0 saturated heterocycles. The zero-order valence-electron chi connectivity index (χ0n) is 11.9. The molecule has 2 rings (SSSR count). The first-order valence-corrected chi connectivity index (χ1v) is 6.40. The zero-order valence-corrected chi connectivity index (χ0v) is 11.9. The Balaban J connectivity index is 2.25. The van der Waals surface area contributed by atoms with Crippen LogP contribution in [-0.4, -0.2) is 17.1 Å². The highest BCUT2D eigenvalue weighted by Gasteiger charge is 2.08. The van der Waals surface area contributed by atoms with Crippen LogP contribution in [0.1, 0.15) is 22.5 Å². The number of aromatic nitrogens is 1. The summed E-state index contributed by atoms with van der Waals surface area (Å²) >= 11 is 0. The van der Waals surface area contributed by atoms with Crippen molar-refractivity contribution < 1.29 is 5.11 Å². The molecule has 2 aromatic rings. The van der Waals surface area contributed by atoms with E-state index in [1.54, 1.807) is 6.07 Å². The Hall–Kier alpha value is -2.03. The molecule has 0 fully saturated rings. The van der Waals surface area contributed by atoms with Gasteiger partial charge in [-0.05, 0) is 56.2 Å². The van der Waals surface area contributed by atoms with Gasteiger partial charge in [0.05, 0.1) is 6.54 Å². The van der Waals surface area contributed by atoms with Gasteiger partial charge in [-0.25, -0.2) is 0 Å². The molecular weight excluding hydrogens is 236 g/mol. The molecule has 0 atom stereocenters. The molecule has 0 aliphatic heterocycles. The predicted molar refractivity (Wildman–Crippen MR) is 78.7 cm³/mol. The molecule has 0 bridgehead atoms. The molecule has 100 valence electrons. The maximum absolute atomic E-state index is 9.85. The fourth-order valence-corrected chi connectivity index (χ4v) is 2.21. The molecule has 0 amide bonds. The predicted octanol–water partition coefficient (Wildman–Crippen LogP) is 3.35. The van der Waals surface area contributed by atoms with Crippen molar-refractivity contribution in [2.24, 2.45) is 0 Å². The Bertz CT molecular complexity index is 573. The van der Waals surface area contributed by atoms with E-state index in [-0.39, 0.29) is 5.75 Å². The SMILES string of the molecule is Cc1cc(C)cc(N(C)Cc2nc(C)ccc2O)c1. The van der Waals surface area contributed by atoms with E-state index < -0.39 is 0 Å². The molecule has 1 aromatic heterocycles. The normalized spacial score (nSPS) is 10.5. The van der Waals surface area contributed by atoms with Gasteiger partial charge in [0.25, 0.3) is 0 Å². The Morgan fingerprint density at radius 3 is 2.32 bits per heavy atom. The van der Waals surface area contributed by atoms with Gasteiger partial charge in [0.15, 0.2) is 0 Å². The van der Waals surface area contributed by atoms with Crippen LogP contribution in [0.3, 0.4) is 0 Å². The Morgan fingerprint density at radius 1 is 1.05 bits per heavy atom. The van der Waals surface area contributed by atoms with E-state index in [0.29, 0.717) is 12.2 Å². The quantitative estimate of drug-likeness (QED) is 0.915. The molecule has 1 aromatic carbocycles. The van der Waals surface area contributed by atoms with E-state index in [4.69, 9.17) is 0 Å². The molecule has 0 unspecified atom stereocenters. The van der Waals surface area contributed by atoms with E-state index >= 15 is 0 Å². The highest BCUT2D eigenvalue weighted by Crippen LogP contribution is 2.22.